The SMILES string of the molecule is COc1cccc(C(=O)c2cc(Br)ccc2N)c1OC. The number of para-hydroxylation sites is 1. The molecule has 0 saturated heterocycles. The summed E-state index contributed by atoms with van der Waals surface area (Å²) in [5.74, 6) is 0.700. The van der Waals surface area contributed by atoms with Crippen molar-refractivity contribution < 1.29 is 14.3 Å². The Morgan fingerprint density at radius 2 is 1.85 bits per heavy atom. The molecule has 0 amide bonds. The van der Waals surface area contributed by atoms with Crippen molar-refractivity contribution in [2.75, 3.05) is 20.0 Å². The quantitative estimate of drug-likeness (QED) is 0.688. The number of benzene rings is 2. The first kappa shape index (κ1) is 14.4. The average Bonchev–Trinajstić information content (AvgIpc) is 2.48. The predicted octanol–water partition coefficient (Wildman–Crippen LogP) is 3.28. The second kappa shape index (κ2) is 5.96. The summed E-state index contributed by atoms with van der Waals surface area (Å²) in [7, 11) is 3.03. The number of methoxy groups -OCH3 is 2. The van der Waals surface area contributed by atoms with E-state index < -0.39 is 0 Å². The van der Waals surface area contributed by atoms with Crippen molar-refractivity contribution in [2.24, 2.45) is 0 Å². The number of carbonyl (C=O) groups is 1. The summed E-state index contributed by atoms with van der Waals surface area (Å²) in [6.45, 7) is 0. The first-order valence-electron chi connectivity index (χ1n) is 5.89. The minimum Gasteiger partial charge on any atom is -0.493 e. The molecular formula is C15H14BrNO3. The molecule has 20 heavy (non-hydrogen) atoms. The molecule has 0 radical (unpaired) electrons. The minimum atomic E-state index is -0.209. The predicted molar refractivity (Wildman–Crippen MR) is 81.5 cm³/mol. The molecule has 2 aromatic carbocycles. The van der Waals surface area contributed by atoms with Crippen molar-refractivity contribution in [2.45, 2.75) is 0 Å². The lowest BCUT2D eigenvalue weighted by atomic mass is 10.0. The number of ketones is 1. The van der Waals surface area contributed by atoms with Gasteiger partial charge < -0.3 is 15.2 Å². The van der Waals surface area contributed by atoms with Crippen LogP contribution in [0.15, 0.2) is 40.9 Å². The Morgan fingerprint density at radius 1 is 1.10 bits per heavy atom. The Bertz CT molecular complexity index is 656. The van der Waals surface area contributed by atoms with Gasteiger partial charge in [0.15, 0.2) is 17.3 Å². The highest BCUT2D eigenvalue weighted by atomic mass is 79.9. The molecule has 0 aliphatic rings. The Kier molecular flexibility index (Phi) is 4.29. The smallest absolute Gasteiger partial charge is 0.199 e. The zero-order valence-electron chi connectivity index (χ0n) is 11.1. The van der Waals surface area contributed by atoms with Crippen LogP contribution in [0.25, 0.3) is 0 Å². The first-order valence-corrected chi connectivity index (χ1v) is 6.68. The molecule has 104 valence electrons. The van der Waals surface area contributed by atoms with Crippen LogP contribution in [0.2, 0.25) is 0 Å². The molecule has 0 spiro atoms. The van der Waals surface area contributed by atoms with Gasteiger partial charge in [0.1, 0.15) is 0 Å². The fourth-order valence-corrected chi connectivity index (χ4v) is 2.30. The molecule has 2 rings (SSSR count). The maximum atomic E-state index is 12.6. The average molecular weight is 336 g/mol. The summed E-state index contributed by atoms with van der Waals surface area (Å²) >= 11 is 3.34. The number of rotatable bonds is 4. The van der Waals surface area contributed by atoms with Crippen LogP contribution >= 0.6 is 15.9 Å². The number of hydrogen-bond donors (Lipinski definition) is 1. The van der Waals surface area contributed by atoms with E-state index in [1.807, 2.05) is 0 Å². The normalized spacial score (nSPS) is 10.2. The van der Waals surface area contributed by atoms with Gasteiger partial charge in [-0.15, -0.1) is 0 Å². The van der Waals surface area contributed by atoms with Crippen LogP contribution in [-0.4, -0.2) is 20.0 Å². The number of nitrogen functional groups attached to an aromatic ring is 1. The number of hydrogen-bond acceptors (Lipinski definition) is 4. The minimum absolute atomic E-state index is 0.209. The van der Waals surface area contributed by atoms with Crippen LogP contribution in [0.1, 0.15) is 15.9 Å². The monoisotopic (exact) mass is 335 g/mol. The van der Waals surface area contributed by atoms with E-state index in [2.05, 4.69) is 15.9 Å². The Balaban J connectivity index is 2.56. The summed E-state index contributed by atoms with van der Waals surface area (Å²) in [6, 6.07) is 10.3. The third kappa shape index (κ3) is 2.63. The van der Waals surface area contributed by atoms with Crippen LogP contribution < -0.4 is 15.2 Å². The topological polar surface area (TPSA) is 61.5 Å². The third-order valence-corrected chi connectivity index (χ3v) is 3.40. The highest BCUT2D eigenvalue weighted by molar-refractivity contribution is 9.10. The molecule has 0 unspecified atom stereocenters. The van der Waals surface area contributed by atoms with Gasteiger partial charge in [-0.05, 0) is 30.3 Å². The van der Waals surface area contributed by atoms with Crippen LogP contribution in [-0.2, 0) is 0 Å². The summed E-state index contributed by atoms with van der Waals surface area (Å²) in [5, 5.41) is 0. The molecule has 0 heterocycles. The summed E-state index contributed by atoms with van der Waals surface area (Å²) in [6.07, 6.45) is 0. The van der Waals surface area contributed by atoms with Crippen molar-refractivity contribution in [3.63, 3.8) is 0 Å². The molecule has 0 aromatic heterocycles. The van der Waals surface area contributed by atoms with Gasteiger partial charge in [0.2, 0.25) is 0 Å². The molecule has 0 fully saturated rings. The number of nitrogens with two attached hydrogens (primary N) is 1. The third-order valence-electron chi connectivity index (χ3n) is 2.91. The lowest BCUT2D eigenvalue weighted by Crippen LogP contribution is -2.08. The van der Waals surface area contributed by atoms with E-state index in [0.717, 1.165) is 4.47 Å². The molecule has 2 N–H and O–H groups in total. The molecule has 0 bridgehead atoms. The van der Waals surface area contributed by atoms with Gasteiger partial charge in [-0.3, -0.25) is 4.79 Å². The molecule has 4 nitrogen and oxygen atoms in total. The van der Waals surface area contributed by atoms with Crippen molar-refractivity contribution in [1.29, 1.82) is 0 Å². The summed E-state index contributed by atoms with van der Waals surface area (Å²) in [4.78, 5) is 12.6. The van der Waals surface area contributed by atoms with Crippen molar-refractivity contribution in [1.82, 2.24) is 0 Å². The number of halogens is 1. The molecule has 0 saturated carbocycles. The number of anilines is 1. The zero-order chi connectivity index (χ0) is 14.7. The fourth-order valence-electron chi connectivity index (χ4n) is 1.94. The highest BCUT2D eigenvalue weighted by Gasteiger charge is 2.19. The molecule has 5 heteroatoms. The van der Waals surface area contributed by atoms with Gasteiger partial charge in [0.25, 0.3) is 0 Å². The molecule has 0 aliphatic carbocycles. The van der Waals surface area contributed by atoms with Gasteiger partial charge in [-0.2, -0.15) is 0 Å². The Morgan fingerprint density at radius 3 is 2.50 bits per heavy atom. The second-order valence-corrected chi connectivity index (χ2v) is 5.02. The lowest BCUT2D eigenvalue weighted by Gasteiger charge is -2.12. The second-order valence-electron chi connectivity index (χ2n) is 4.10. The van der Waals surface area contributed by atoms with Gasteiger partial charge in [-0.25, -0.2) is 0 Å². The highest BCUT2D eigenvalue weighted by Crippen LogP contribution is 2.33. The summed E-state index contributed by atoms with van der Waals surface area (Å²) < 4.78 is 11.3. The van der Waals surface area contributed by atoms with E-state index in [0.29, 0.717) is 28.3 Å². The molecular weight excluding hydrogens is 322 g/mol. The largest absolute Gasteiger partial charge is 0.493 e. The molecule has 2 aromatic rings. The van der Waals surface area contributed by atoms with E-state index in [1.54, 1.807) is 36.4 Å². The van der Waals surface area contributed by atoms with E-state index in [9.17, 15) is 4.79 Å². The summed E-state index contributed by atoms with van der Waals surface area (Å²) in [5.41, 5.74) is 7.13. The number of ether oxygens (including phenoxy) is 2. The standard InChI is InChI=1S/C15H14BrNO3/c1-19-13-5-3-4-10(15(13)20-2)14(18)11-8-9(16)6-7-12(11)17/h3-8H,17H2,1-2H3. The van der Waals surface area contributed by atoms with Gasteiger partial charge >= 0.3 is 0 Å². The van der Waals surface area contributed by atoms with E-state index in [-0.39, 0.29) is 5.78 Å². The molecule has 0 atom stereocenters. The van der Waals surface area contributed by atoms with Gasteiger partial charge in [0, 0.05) is 15.7 Å². The first-order chi connectivity index (χ1) is 9.58. The van der Waals surface area contributed by atoms with E-state index in [4.69, 9.17) is 15.2 Å². The molecule has 0 aliphatic heterocycles. The van der Waals surface area contributed by atoms with Crippen LogP contribution in [0.5, 0.6) is 11.5 Å². The lowest BCUT2D eigenvalue weighted by molar-refractivity contribution is 0.103. The van der Waals surface area contributed by atoms with E-state index in [1.165, 1.54) is 14.2 Å². The van der Waals surface area contributed by atoms with Crippen LogP contribution in [0.4, 0.5) is 5.69 Å². The fraction of sp³-hybridized carbons (Fsp3) is 0.133. The van der Waals surface area contributed by atoms with Gasteiger partial charge in [0.05, 0.1) is 19.8 Å². The van der Waals surface area contributed by atoms with E-state index >= 15 is 0 Å². The Labute approximate surface area is 125 Å². The van der Waals surface area contributed by atoms with Crippen LogP contribution in [0.3, 0.4) is 0 Å². The van der Waals surface area contributed by atoms with Crippen molar-refractivity contribution in [3.05, 3.63) is 52.0 Å². The number of carbonyl (C=O) groups excluding carboxylic acids is 1. The zero-order valence-corrected chi connectivity index (χ0v) is 12.7. The van der Waals surface area contributed by atoms with Crippen molar-refractivity contribution in [3.8, 4) is 11.5 Å². The van der Waals surface area contributed by atoms with Crippen LogP contribution in [0, 0.1) is 0 Å². The maximum Gasteiger partial charge on any atom is 0.199 e. The maximum absolute atomic E-state index is 12.6. The van der Waals surface area contributed by atoms with Gasteiger partial charge in [-0.1, -0.05) is 22.0 Å². The Hall–Kier alpha value is -2.01. The van der Waals surface area contributed by atoms with Crippen molar-refractivity contribution >= 4 is 27.4 Å².